The molecule has 0 aromatic carbocycles. The first-order valence-electron chi connectivity index (χ1n) is 30.0. The van der Waals surface area contributed by atoms with Crippen LogP contribution in [0, 0.1) is 0 Å². The Morgan fingerprint density at radius 1 is 0.486 bits per heavy atom. The van der Waals surface area contributed by atoms with Gasteiger partial charge >= 0.3 is 7.82 Å². The molecule has 9 heteroatoms. The Kier molecular flexibility index (Phi) is 51.8. The average Bonchev–Trinajstić information content (AvgIpc) is 3.34. The third-order valence-corrected chi connectivity index (χ3v) is 14.1. The van der Waals surface area contributed by atoms with Crippen molar-refractivity contribution in [1.82, 2.24) is 5.32 Å². The van der Waals surface area contributed by atoms with Gasteiger partial charge in [0.25, 0.3) is 0 Å². The van der Waals surface area contributed by atoms with Crippen molar-refractivity contribution in [3.05, 3.63) is 85.1 Å². The van der Waals surface area contributed by atoms with Crippen molar-refractivity contribution in [2.24, 2.45) is 0 Å². The molecule has 0 radical (unpaired) electrons. The van der Waals surface area contributed by atoms with Crippen molar-refractivity contribution < 1.29 is 32.9 Å². The lowest BCUT2D eigenvalue weighted by atomic mass is 10.0. The van der Waals surface area contributed by atoms with Crippen LogP contribution in [0.2, 0.25) is 0 Å². The van der Waals surface area contributed by atoms with Crippen LogP contribution < -0.4 is 5.32 Å². The number of allylic oxidation sites excluding steroid dienone is 13. The summed E-state index contributed by atoms with van der Waals surface area (Å²) in [5.41, 5.74) is 0. The van der Waals surface area contributed by atoms with Gasteiger partial charge in [-0.15, -0.1) is 0 Å². The molecule has 8 nitrogen and oxygen atoms in total. The Balaban J connectivity index is 4.24. The van der Waals surface area contributed by atoms with Crippen LogP contribution in [-0.4, -0.2) is 73.4 Å². The maximum Gasteiger partial charge on any atom is 0.472 e. The Hall–Kier alpha value is -2.32. The van der Waals surface area contributed by atoms with E-state index in [1.807, 2.05) is 27.2 Å². The Morgan fingerprint density at radius 3 is 1.28 bits per heavy atom. The summed E-state index contributed by atoms with van der Waals surface area (Å²) in [5, 5.41) is 13.9. The van der Waals surface area contributed by atoms with Crippen LogP contribution in [0.15, 0.2) is 85.1 Å². The van der Waals surface area contributed by atoms with Gasteiger partial charge < -0.3 is 19.8 Å². The standard InChI is InChI=1S/C63H115N2O6P/c1-6-8-10-12-14-16-18-20-22-24-26-27-28-29-30-31-32-33-34-35-36-37-39-40-42-44-46-48-50-52-54-56-62(66)61(60-71-72(68,69)70-59-58-65(3,4)5)64-63(67)57-55-53-51-49-47-45-43-41-38-25-23-21-19-17-15-13-11-9-7-2/h9,11,15,17,21,23,38-41,46,48,54,56,61-62,66H,6-8,10,12-14,16,18-20,22,24-37,42-45,47,49-53,55,57-60H2,1-5H3,(H-,64,67,68,69)/p+1/b11-9-,17-15-,23-21-,40-39+,41-38-,48-46+,56-54+. The zero-order valence-electron chi connectivity index (χ0n) is 47.7. The number of hydrogen-bond acceptors (Lipinski definition) is 5. The molecule has 0 aliphatic heterocycles. The number of amides is 1. The summed E-state index contributed by atoms with van der Waals surface area (Å²) >= 11 is 0. The minimum atomic E-state index is -4.37. The summed E-state index contributed by atoms with van der Waals surface area (Å²) in [7, 11) is 1.53. The van der Waals surface area contributed by atoms with Gasteiger partial charge in [-0.3, -0.25) is 13.8 Å². The topological polar surface area (TPSA) is 105 Å². The third kappa shape index (κ3) is 55.4. The average molecular weight is 1030 g/mol. The molecule has 0 aliphatic carbocycles. The van der Waals surface area contributed by atoms with E-state index >= 15 is 0 Å². The molecule has 418 valence electrons. The van der Waals surface area contributed by atoms with Crippen molar-refractivity contribution in [3.8, 4) is 0 Å². The number of phosphoric ester groups is 1. The number of nitrogens with zero attached hydrogens (tertiary/aromatic N) is 1. The number of carbonyl (C=O) groups excluding carboxylic acids is 1. The normalized spacial score (nSPS) is 14.5. The second kappa shape index (κ2) is 53.5. The van der Waals surface area contributed by atoms with E-state index in [0.29, 0.717) is 17.4 Å². The van der Waals surface area contributed by atoms with Gasteiger partial charge in [0.15, 0.2) is 0 Å². The van der Waals surface area contributed by atoms with Crippen LogP contribution in [-0.2, 0) is 18.4 Å². The van der Waals surface area contributed by atoms with Gasteiger partial charge in [0.05, 0.1) is 39.9 Å². The van der Waals surface area contributed by atoms with Gasteiger partial charge in [0.2, 0.25) is 5.91 Å². The third-order valence-electron chi connectivity index (χ3n) is 13.1. The molecule has 0 heterocycles. The van der Waals surface area contributed by atoms with Crippen LogP contribution in [0.3, 0.4) is 0 Å². The zero-order chi connectivity index (χ0) is 52.7. The summed E-state index contributed by atoms with van der Waals surface area (Å²) in [4.78, 5) is 23.3. The first kappa shape index (κ1) is 69.7. The molecule has 3 atom stereocenters. The lowest BCUT2D eigenvalue weighted by Gasteiger charge is -2.25. The lowest BCUT2D eigenvalue weighted by Crippen LogP contribution is -2.45. The number of hydrogen-bond donors (Lipinski definition) is 3. The van der Waals surface area contributed by atoms with Crippen molar-refractivity contribution in [2.75, 3.05) is 40.9 Å². The Labute approximate surface area is 446 Å². The molecule has 0 aromatic heterocycles. The Morgan fingerprint density at radius 2 is 0.847 bits per heavy atom. The van der Waals surface area contributed by atoms with E-state index in [1.165, 1.54) is 154 Å². The predicted octanol–water partition coefficient (Wildman–Crippen LogP) is 18.4. The van der Waals surface area contributed by atoms with Gasteiger partial charge in [0, 0.05) is 6.42 Å². The molecule has 0 aliphatic rings. The molecule has 1 amide bonds. The van der Waals surface area contributed by atoms with Crippen LogP contribution in [0.4, 0.5) is 0 Å². The number of unbranched alkanes of at least 4 members (excludes halogenated alkanes) is 29. The number of rotatable bonds is 54. The quantitative estimate of drug-likeness (QED) is 0.0243. The number of aliphatic hydroxyl groups excluding tert-OH is 1. The van der Waals surface area contributed by atoms with E-state index in [0.717, 1.165) is 83.5 Å². The number of nitrogens with one attached hydrogen (secondary N) is 1. The monoisotopic (exact) mass is 1030 g/mol. The van der Waals surface area contributed by atoms with Gasteiger partial charge in [-0.2, -0.15) is 0 Å². The maximum atomic E-state index is 13.0. The SMILES string of the molecule is CC/C=C\C/C=C\C/C=C\C/C=C\CCCCCCCCC(=O)NC(COP(=O)(O)OCC[N+](C)(C)C)C(O)/C=C/CC/C=C/CC/C=C/CCCCCCCCCCCCCCCCCCCCCCC. The van der Waals surface area contributed by atoms with Crippen LogP contribution in [0.5, 0.6) is 0 Å². The highest BCUT2D eigenvalue weighted by molar-refractivity contribution is 7.47. The molecule has 0 saturated carbocycles. The lowest BCUT2D eigenvalue weighted by molar-refractivity contribution is -0.870. The molecular formula is C63H116N2O6P+. The molecule has 0 aromatic rings. The smallest absolute Gasteiger partial charge is 0.387 e. The number of aliphatic hydroxyl groups is 1. The zero-order valence-corrected chi connectivity index (χ0v) is 48.5. The summed E-state index contributed by atoms with van der Waals surface area (Å²) in [5.74, 6) is -0.206. The molecule has 0 fully saturated rings. The van der Waals surface area contributed by atoms with Crippen LogP contribution in [0.25, 0.3) is 0 Å². The van der Waals surface area contributed by atoms with Gasteiger partial charge in [-0.25, -0.2) is 4.57 Å². The fourth-order valence-corrected chi connectivity index (χ4v) is 9.15. The highest BCUT2D eigenvalue weighted by Crippen LogP contribution is 2.43. The highest BCUT2D eigenvalue weighted by atomic mass is 31.2. The number of phosphoric acid groups is 1. The molecular weight excluding hydrogens is 912 g/mol. The van der Waals surface area contributed by atoms with E-state index in [2.05, 4.69) is 92.1 Å². The molecule has 72 heavy (non-hydrogen) atoms. The number of likely N-dealkylation sites (N-methyl/N-ethyl adjacent to an activating group) is 1. The number of quaternary nitrogens is 1. The highest BCUT2D eigenvalue weighted by Gasteiger charge is 2.27. The van der Waals surface area contributed by atoms with Gasteiger partial charge in [-0.05, 0) is 83.5 Å². The largest absolute Gasteiger partial charge is 0.472 e. The van der Waals surface area contributed by atoms with E-state index in [-0.39, 0.29) is 19.1 Å². The summed E-state index contributed by atoms with van der Waals surface area (Å²) < 4.78 is 23.7. The predicted molar refractivity (Wildman–Crippen MR) is 313 cm³/mol. The second-order valence-corrected chi connectivity index (χ2v) is 22.8. The minimum Gasteiger partial charge on any atom is -0.387 e. The van der Waals surface area contributed by atoms with Crippen molar-refractivity contribution >= 4 is 13.7 Å². The molecule has 0 spiro atoms. The maximum absolute atomic E-state index is 13.0. The molecule has 0 saturated heterocycles. The fraction of sp³-hybridized carbons (Fsp3) is 0.762. The van der Waals surface area contributed by atoms with Crippen LogP contribution in [0.1, 0.15) is 258 Å². The van der Waals surface area contributed by atoms with E-state index in [9.17, 15) is 19.4 Å². The van der Waals surface area contributed by atoms with Crippen molar-refractivity contribution in [1.29, 1.82) is 0 Å². The Bertz CT molecular complexity index is 1450. The first-order valence-corrected chi connectivity index (χ1v) is 31.5. The second-order valence-electron chi connectivity index (χ2n) is 21.3. The molecule has 0 rings (SSSR count). The van der Waals surface area contributed by atoms with Crippen molar-refractivity contribution in [2.45, 2.75) is 270 Å². The fourth-order valence-electron chi connectivity index (χ4n) is 8.42. The summed E-state index contributed by atoms with van der Waals surface area (Å²) in [6.07, 6.45) is 75.7. The van der Waals surface area contributed by atoms with E-state index in [1.54, 1.807) is 6.08 Å². The minimum absolute atomic E-state index is 0.0463. The molecule has 3 N–H and O–H groups in total. The van der Waals surface area contributed by atoms with E-state index in [4.69, 9.17) is 9.05 Å². The van der Waals surface area contributed by atoms with E-state index < -0.39 is 20.0 Å². The van der Waals surface area contributed by atoms with Crippen LogP contribution >= 0.6 is 7.82 Å². The van der Waals surface area contributed by atoms with Gasteiger partial charge in [0.1, 0.15) is 13.2 Å². The van der Waals surface area contributed by atoms with Crippen molar-refractivity contribution in [3.63, 3.8) is 0 Å². The molecule has 3 unspecified atom stereocenters. The summed E-state index contributed by atoms with van der Waals surface area (Å²) in [6, 6.07) is -0.884. The molecule has 0 bridgehead atoms. The summed E-state index contributed by atoms with van der Waals surface area (Å²) in [6.45, 7) is 4.67. The number of carbonyl (C=O) groups is 1. The van der Waals surface area contributed by atoms with Gasteiger partial charge in [-0.1, -0.05) is 253 Å². The first-order chi connectivity index (χ1) is 35.0.